The van der Waals surface area contributed by atoms with E-state index in [0.29, 0.717) is 12.8 Å². The van der Waals surface area contributed by atoms with Crippen LogP contribution in [0, 0.1) is 18.2 Å². The lowest BCUT2D eigenvalue weighted by Gasteiger charge is -2.22. The fraction of sp³-hybridized carbons (Fsp3) is 0.438. The number of carbonyl (C=O) groups excluding carboxylic acids is 1. The molecule has 0 unspecified atom stereocenters. The number of terminal acetylenes is 1. The molecule has 1 aromatic rings. The van der Waals surface area contributed by atoms with Gasteiger partial charge in [0.1, 0.15) is 18.2 Å². The number of rotatable bonds is 5. The summed E-state index contributed by atoms with van der Waals surface area (Å²) in [6.45, 7) is 0.177. The number of carbonyl (C=O) groups is 1. The third-order valence-electron chi connectivity index (χ3n) is 3.61. The van der Waals surface area contributed by atoms with Crippen LogP contribution in [0.3, 0.4) is 0 Å². The number of aliphatic hydroxyl groups is 1. The van der Waals surface area contributed by atoms with Crippen molar-refractivity contribution in [2.45, 2.75) is 31.3 Å². The zero-order valence-electron chi connectivity index (χ0n) is 12.2. The summed E-state index contributed by atoms with van der Waals surface area (Å²) in [5.74, 6) is 2.09. The molecule has 5 nitrogen and oxygen atoms in total. The Kier molecular flexibility index (Phi) is 5.23. The SMILES string of the molecule is C#CCOc1ccc(F)cc1NC(=O)NCC1(O)CCCC1. The third kappa shape index (κ3) is 4.37. The quantitative estimate of drug-likeness (QED) is 0.731. The van der Waals surface area contributed by atoms with Crippen LogP contribution in [0.4, 0.5) is 14.9 Å². The lowest BCUT2D eigenvalue weighted by Crippen LogP contribution is -2.42. The van der Waals surface area contributed by atoms with Gasteiger partial charge in [-0.3, -0.25) is 0 Å². The van der Waals surface area contributed by atoms with Crippen LogP contribution in [0.25, 0.3) is 0 Å². The topological polar surface area (TPSA) is 70.6 Å². The summed E-state index contributed by atoms with van der Waals surface area (Å²) in [4.78, 5) is 11.9. The van der Waals surface area contributed by atoms with Crippen LogP contribution in [0.2, 0.25) is 0 Å². The van der Waals surface area contributed by atoms with E-state index >= 15 is 0 Å². The van der Waals surface area contributed by atoms with Gasteiger partial charge in [0.25, 0.3) is 0 Å². The van der Waals surface area contributed by atoms with Gasteiger partial charge in [-0.05, 0) is 25.0 Å². The van der Waals surface area contributed by atoms with E-state index in [1.165, 1.54) is 12.1 Å². The molecule has 0 aromatic heterocycles. The van der Waals surface area contributed by atoms with Crippen molar-refractivity contribution >= 4 is 11.7 Å². The van der Waals surface area contributed by atoms with Crippen molar-refractivity contribution in [2.24, 2.45) is 0 Å². The van der Waals surface area contributed by atoms with E-state index in [0.717, 1.165) is 18.9 Å². The highest BCUT2D eigenvalue weighted by Crippen LogP contribution is 2.29. The first-order chi connectivity index (χ1) is 10.5. The van der Waals surface area contributed by atoms with Gasteiger partial charge in [0.05, 0.1) is 11.3 Å². The summed E-state index contributed by atoms with van der Waals surface area (Å²) < 4.78 is 18.5. The van der Waals surface area contributed by atoms with Crippen LogP contribution in [0.1, 0.15) is 25.7 Å². The zero-order chi connectivity index (χ0) is 16.0. The van der Waals surface area contributed by atoms with Crippen molar-refractivity contribution in [3.8, 4) is 18.1 Å². The van der Waals surface area contributed by atoms with Gasteiger partial charge >= 0.3 is 6.03 Å². The monoisotopic (exact) mass is 306 g/mol. The molecule has 0 heterocycles. The van der Waals surface area contributed by atoms with E-state index in [1.807, 2.05) is 0 Å². The number of benzene rings is 1. The molecule has 0 atom stereocenters. The lowest BCUT2D eigenvalue weighted by molar-refractivity contribution is 0.0506. The van der Waals surface area contributed by atoms with Crippen molar-refractivity contribution in [2.75, 3.05) is 18.5 Å². The van der Waals surface area contributed by atoms with E-state index in [9.17, 15) is 14.3 Å². The van der Waals surface area contributed by atoms with E-state index in [1.54, 1.807) is 0 Å². The number of nitrogens with one attached hydrogen (secondary N) is 2. The molecule has 6 heteroatoms. The standard InChI is InChI=1S/C16H19FN2O3/c1-2-9-22-14-6-5-12(17)10-13(14)19-15(20)18-11-16(21)7-3-4-8-16/h1,5-6,10,21H,3-4,7-9,11H2,(H2,18,19,20). The third-order valence-corrected chi connectivity index (χ3v) is 3.61. The summed E-state index contributed by atoms with van der Waals surface area (Å²) in [6.07, 6.45) is 8.36. The Balaban J connectivity index is 1.95. The summed E-state index contributed by atoms with van der Waals surface area (Å²) in [5.41, 5.74) is -0.659. The second-order valence-electron chi connectivity index (χ2n) is 5.37. The first kappa shape index (κ1) is 16.1. The summed E-state index contributed by atoms with van der Waals surface area (Å²) in [5, 5.41) is 15.3. The lowest BCUT2D eigenvalue weighted by atomic mass is 10.0. The molecule has 1 aliphatic carbocycles. The van der Waals surface area contributed by atoms with Gasteiger partial charge in [0, 0.05) is 12.6 Å². The average molecular weight is 306 g/mol. The van der Waals surface area contributed by atoms with Gasteiger partial charge in [0.15, 0.2) is 0 Å². The molecular formula is C16H19FN2O3. The smallest absolute Gasteiger partial charge is 0.319 e. The van der Waals surface area contributed by atoms with Gasteiger partial charge in [0.2, 0.25) is 0 Å². The molecule has 22 heavy (non-hydrogen) atoms. The van der Waals surface area contributed by atoms with Gasteiger partial charge in [-0.1, -0.05) is 18.8 Å². The summed E-state index contributed by atoms with van der Waals surface area (Å²) >= 11 is 0. The van der Waals surface area contributed by atoms with E-state index in [4.69, 9.17) is 11.2 Å². The van der Waals surface area contributed by atoms with Gasteiger partial charge < -0.3 is 20.5 Å². The molecule has 0 bridgehead atoms. The highest BCUT2D eigenvalue weighted by atomic mass is 19.1. The Morgan fingerprint density at radius 1 is 1.45 bits per heavy atom. The fourth-order valence-corrected chi connectivity index (χ4v) is 2.47. The summed E-state index contributed by atoms with van der Waals surface area (Å²) in [7, 11) is 0. The number of urea groups is 1. The Hall–Kier alpha value is -2.26. The molecule has 1 fully saturated rings. The molecule has 1 aliphatic rings. The predicted molar refractivity (Wildman–Crippen MR) is 81.2 cm³/mol. The van der Waals surface area contributed by atoms with Crippen LogP contribution >= 0.6 is 0 Å². The van der Waals surface area contributed by atoms with Crippen molar-refractivity contribution in [3.63, 3.8) is 0 Å². The first-order valence-corrected chi connectivity index (χ1v) is 7.15. The fourth-order valence-electron chi connectivity index (χ4n) is 2.47. The van der Waals surface area contributed by atoms with E-state index in [-0.39, 0.29) is 24.6 Å². The minimum atomic E-state index is -0.845. The molecule has 0 saturated heterocycles. The molecule has 2 rings (SSSR count). The van der Waals surface area contributed by atoms with E-state index < -0.39 is 17.4 Å². The Labute approximate surface area is 128 Å². The van der Waals surface area contributed by atoms with Crippen molar-refractivity contribution in [3.05, 3.63) is 24.0 Å². The van der Waals surface area contributed by atoms with Crippen LogP contribution in [-0.2, 0) is 0 Å². The maximum absolute atomic E-state index is 13.3. The van der Waals surface area contributed by atoms with Crippen LogP contribution in [-0.4, -0.2) is 29.9 Å². The first-order valence-electron chi connectivity index (χ1n) is 7.15. The van der Waals surface area contributed by atoms with Gasteiger partial charge in [-0.15, -0.1) is 6.42 Å². The Morgan fingerprint density at radius 3 is 2.86 bits per heavy atom. The molecule has 1 aromatic carbocycles. The number of ether oxygens (including phenoxy) is 1. The van der Waals surface area contributed by atoms with Gasteiger partial charge in [-0.2, -0.15) is 0 Å². The minimum Gasteiger partial charge on any atom is -0.479 e. The molecule has 3 N–H and O–H groups in total. The normalized spacial score (nSPS) is 15.9. The Bertz CT molecular complexity index is 577. The van der Waals surface area contributed by atoms with Crippen molar-refractivity contribution in [1.29, 1.82) is 0 Å². The molecule has 0 radical (unpaired) electrons. The highest BCUT2D eigenvalue weighted by Gasteiger charge is 2.31. The van der Waals surface area contributed by atoms with Gasteiger partial charge in [-0.25, -0.2) is 9.18 Å². The molecular weight excluding hydrogens is 287 g/mol. The highest BCUT2D eigenvalue weighted by molar-refractivity contribution is 5.90. The zero-order valence-corrected chi connectivity index (χ0v) is 12.2. The molecule has 1 saturated carbocycles. The minimum absolute atomic E-state index is 0.0156. The second-order valence-corrected chi connectivity index (χ2v) is 5.37. The largest absolute Gasteiger partial charge is 0.479 e. The number of amides is 2. The molecule has 0 aliphatic heterocycles. The Morgan fingerprint density at radius 2 is 2.18 bits per heavy atom. The number of hydrogen-bond acceptors (Lipinski definition) is 3. The number of anilines is 1. The number of halogens is 1. The molecule has 0 spiro atoms. The van der Waals surface area contributed by atoms with Crippen LogP contribution in [0.5, 0.6) is 5.75 Å². The molecule has 118 valence electrons. The maximum Gasteiger partial charge on any atom is 0.319 e. The van der Waals surface area contributed by atoms with E-state index in [2.05, 4.69) is 16.6 Å². The van der Waals surface area contributed by atoms with Crippen LogP contribution < -0.4 is 15.4 Å². The van der Waals surface area contributed by atoms with Crippen LogP contribution in [0.15, 0.2) is 18.2 Å². The summed E-state index contributed by atoms with van der Waals surface area (Å²) in [6, 6.07) is 3.23. The predicted octanol–water partition coefficient (Wildman–Crippen LogP) is 2.26. The van der Waals surface area contributed by atoms with Crippen molar-refractivity contribution in [1.82, 2.24) is 5.32 Å². The molecule has 2 amide bonds. The maximum atomic E-state index is 13.3. The van der Waals surface area contributed by atoms with Crippen molar-refractivity contribution < 1.29 is 19.0 Å². The number of hydrogen-bond donors (Lipinski definition) is 3. The average Bonchev–Trinajstić information content (AvgIpc) is 2.92. The second kappa shape index (κ2) is 7.14.